The van der Waals surface area contributed by atoms with E-state index in [0.29, 0.717) is 22.9 Å². The summed E-state index contributed by atoms with van der Waals surface area (Å²) >= 11 is 6.69. The molecule has 0 unspecified atom stereocenters. The minimum atomic E-state index is -0.972. The Balaban J connectivity index is 1.45. The predicted octanol–water partition coefficient (Wildman–Crippen LogP) is 6.69. The second-order valence-corrected chi connectivity index (χ2v) is 9.03. The van der Waals surface area contributed by atoms with Gasteiger partial charge >= 0.3 is 5.97 Å². The van der Waals surface area contributed by atoms with Crippen LogP contribution in [0.25, 0.3) is 22.3 Å². The number of benzene rings is 3. The number of ether oxygens (including phenoxy) is 1. The van der Waals surface area contributed by atoms with Crippen LogP contribution in [0.5, 0.6) is 5.75 Å². The van der Waals surface area contributed by atoms with Gasteiger partial charge in [-0.05, 0) is 55.3 Å². The Morgan fingerprint density at radius 3 is 2.56 bits per heavy atom. The molecule has 2 aromatic heterocycles. The topological polar surface area (TPSA) is 77.2 Å². The molecule has 0 atom stereocenters. The van der Waals surface area contributed by atoms with Crippen molar-refractivity contribution in [3.05, 3.63) is 112 Å². The van der Waals surface area contributed by atoms with E-state index in [-0.39, 0.29) is 12.2 Å². The van der Waals surface area contributed by atoms with E-state index in [2.05, 4.69) is 9.55 Å². The molecule has 5 aromatic rings. The summed E-state index contributed by atoms with van der Waals surface area (Å²) in [5.74, 6) is 0.546. The summed E-state index contributed by atoms with van der Waals surface area (Å²) in [6.45, 7) is 4.67. The van der Waals surface area contributed by atoms with E-state index in [4.69, 9.17) is 21.3 Å². The lowest BCUT2D eigenvalue weighted by atomic mass is 10.1. The lowest BCUT2D eigenvalue weighted by Crippen LogP contribution is -2.06. The van der Waals surface area contributed by atoms with E-state index in [0.717, 1.165) is 39.2 Å². The van der Waals surface area contributed by atoms with E-state index < -0.39 is 5.97 Å². The Labute approximate surface area is 213 Å². The number of rotatable bonds is 7. The number of carbonyl (C=O) groups is 1. The largest absolute Gasteiger partial charge is 0.489 e. The van der Waals surface area contributed by atoms with Crippen LogP contribution in [0.1, 0.15) is 32.9 Å². The van der Waals surface area contributed by atoms with Crippen LogP contribution in [-0.4, -0.2) is 25.6 Å². The van der Waals surface area contributed by atoms with Crippen molar-refractivity contribution in [3.63, 3.8) is 0 Å². The number of aryl methyl sites for hydroxylation is 2. The van der Waals surface area contributed by atoms with Gasteiger partial charge in [0.25, 0.3) is 0 Å². The summed E-state index contributed by atoms with van der Waals surface area (Å²) in [4.78, 5) is 20.7. The van der Waals surface area contributed by atoms with Gasteiger partial charge in [0.05, 0.1) is 28.8 Å². The number of pyridine rings is 1. The highest BCUT2D eigenvalue weighted by Gasteiger charge is 2.15. The average Bonchev–Trinajstić information content (AvgIpc) is 3.20. The van der Waals surface area contributed by atoms with Crippen LogP contribution >= 0.6 is 11.6 Å². The molecule has 0 spiro atoms. The molecular formula is C29H24ClN3O3. The van der Waals surface area contributed by atoms with Gasteiger partial charge in [-0.15, -0.1) is 0 Å². The Bertz CT molecular complexity index is 1580. The second-order valence-electron chi connectivity index (χ2n) is 8.63. The number of carboxylic acid groups (broad SMARTS) is 1. The summed E-state index contributed by atoms with van der Waals surface area (Å²) in [5, 5.41) is 10.1. The fraction of sp³-hybridized carbons (Fsp3) is 0.138. The van der Waals surface area contributed by atoms with Gasteiger partial charge in [0.15, 0.2) is 0 Å². The molecule has 36 heavy (non-hydrogen) atoms. The van der Waals surface area contributed by atoms with Crippen molar-refractivity contribution >= 4 is 28.6 Å². The van der Waals surface area contributed by atoms with Crippen LogP contribution < -0.4 is 4.74 Å². The number of halogens is 1. The summed E-state index contributed by atoms with van der Waals surface area (Å²) < 4.78 is 8.15. The molecule has 5 rings (SSSR count). The van der Waals surface area contributed by atoms with Crippen molar-refractivity contribution in [2.45, 2.75) is 27.0 Å². The number of fused-ring (bicyclic) bond motifs is 1. The number of hydrogen-bond acceptors (Lipinski definition) is 4. The number of aromatic carboxylic acids is 1. The van der Waals surface area contributed by atoms with E-state index in [1.807, 2.05) is 62.4 Å². The van der Waals surface area contributed by atoms with Gasteiger partial charge in [-0.25, -0.2) is 9.78 Å². The summed E-state index contributed by atoms with van der Waals surface area (Å²) in [6.07, 6.45) is 1.76. The molecule has 1 N–H and O–H groups in total. The van der Waals surface area contributed by atoms with E-state index in [1.165, 1.54) is 0 Å². The van der Waals surface area contributed by atoms with E-state index in [1.54, 1.807) is 30.5 Å². The van der Waals surface area contributed by atoms with Gasteiger partial charge in [-0.1, -0.05) is 48.0 Å². The molecule has 0 aliphatic carbocycles. The summed E-state index contributed by atoms with van der Waals surface area (Å²) in [7, 11) is 0. The number of imidazole rings is 1. The van der Waals surface area contributed by atoms with Gasteiger partial charge in [-0.2, -0.15) is 0 Å². The molecule has 2 heterocycles. The van der Waals surface area contributed by atoms with E-state index >= 15 is 0 Å². The quantitative estimate of drug-likeness (QED) is 0.271. The molecule has 0 aliphatic heterocycles. The molecule has 0 aliphatic rings. The Kier molecular flexibility index (Phi) is 6.44. The minimum absolute atomic E-state index is 0.154. The van der Waals surface area contributed by atoms with Crippen molar-refractivity contribution in [3.8, 4) is 17.0 Å². The molecule has 0 fully saturated rings. The van der Waals surface area contributed by atoms with Gasteiger partial charge in [-0.3, -0.25) is 4.98 Å². The third-order valence-corrected chi connectivity index (χ3v) is 6.55. The maximum atomic E-state index is 11.5. The molecule has 6 nitrogen and oxygen atoms in total. The first kappa shape index (κ1) is 23.6. The monoisotopic (exact) mass is 497 g/mol. The maximum Gasteiger partial charge on any atom is 0.336 e. The molecule has 7 heteroatoms. The molecule has 0 saturated carbocycles. The molecule has 0 amide bonds. The van der Waals surface area contributed by atoms with Crippen LogP contribution in [0.4, 0.5) is 0 Å². The molecule has 0 saturated heterocycles. The average molecular weight is 498 g/mol. The molecular weight excluding hydrogens is 474 g/mol. The van der Waals surface area contributed by atoms with Crippen LogP contribution in [0.15, 0.2) is 79.0 Å². The molecule has 3 aromatic carbocycles. The number of aromatic nitrogens is 3. The van der Waals surface area contributed by atoms with Gasteiger partial charge in [0.1, 0.15) is 18.2 Å². The Morgan fingerprint density at radius 1 is 1.00 bits per heavy atom. The first-order chi connectivity index (χ1) is 17.4. The zero-order chi connectivity index (χ0) is 25.2. The third kappa shape index (κ3) is 4.68. The number of nitrogens with zero attached hydrogens (tertiary/aromatic N) is 3. The second kappa shape index (κ2) is 9.84. The SMILES string of the molecule is Cc1cc(OCc2ccccc2C(=O)O)cc2c1nc(C)n2Cc1ccc(-c2ccccn2)cc1Cl. The normalized spacial score (nSPS) is 11.1. The summed E-state index contributed by atoms with van der Waals surface area (Å²) in [6, 6.07) is 22.5. The molecule has 180 valence electrons. The van der Waals surface area contributed by atoms with Crippen LogP contribution in [0.3, 0.4) is 0 Å². The van der Waals surface area contributed by atoms with Crippen molar-refractivity contribution in [2.24, 2.45) is 0 Å². The van der Waals surface area contributed by atoms with Gasteiger partial charge < -0.3 is 14.4 Å². The fourth-order valence-electron chi connectivity index (χ4n) is 4.31. The van der Waals surface area contributed by atoms with Crippen LogP contribution in [-0.2, 0) is 13.2 Å². The summed E-state index contributed by atoms with van der Waals surface area (Å²) in [5.41, 5.74) is 6.46. The first-order valence-electron chi connectivity index (χ1n) is 11.5. The highest BCUT2D eigenvalue weighted by Crippen LogP contribution is 2.30. The van der Waals surface area contributed by atoms with Crippen molar-refractivity contribution < 1.29 is 14.6 Å². The zero-order valence-electron chi connectivity index (χ0n) is 19.9. The van der Waals surface area contributed by atoms with Gasteiger partial charge in [0, 0.05) is 28.4 Å². The van der Waals surface area contributed by atoms with E-state index in [9.17, 15) is 9.90 Å². The Morgan fingerprint density at radius 2 is 1.81 bits per heavy atom. The standard InChI is InChI=1S/C29H24ClN3O3/c1-18-13-23(36-17-22-7-3-4-8-24(22)29(34)35)15-27-28(18)32-19(2)33(27)16-21-11-10-20(14-25(21)30)26-9-5-6-12-31-26/h3-15H,16-17H2,1-2H3,(H,34,35). The molecule has 0 radical (unpaired) electrons. The van der Waals surface area contributed by atoms with Crippen molar-refractivity contribution in [2.75, 3.05) is 0 Å². The Hall–Kier alpha value is -4.16. The highest BCUT2D eigenvalue weighted by atomic mass is 35.5. The number of carboxylic acids is 1. The van der Waals surface area contributed by atoms with Crippen molar-refractivity contribution in [1.82, 2.24) is 14.5 Å². The molecule has 0 bridgehead atoms. The lowest BCUT2D eigenvalue weighted by molar-refractivity contribution is 0.0694. The number of hydrogen-bond donors (Lipinski definition) is 1. The predicted molar refractivity (Wildman–Crippen MR) is 141 cm³/mol. The van der Waals surface area contributed by atoms with Crippen molar-refractivity contribution in [1.29, 1.82) is 0 Å². The third-order valence-electron chi connectivity index (χ3n) is 6.19. The fourth-order valence-corrected chi connectivity index (χ4v) is 4.55. The highest BCUT2D eigenvalue weighted by molar-refractivity contribution is 6.31. The zero-order valence-corrected chi connectivity index (χ0v) is 20.7. The van der Waals surface area contributed by atoms with Crippen LogP contribution in [0, 0.1) is 13.8 Å². The smallest absolute Gasteiger partial charge is 0.336 e. The van der Waals surface area contributed by atoms with Crippen LogP contribution in [0.2, 0.25) is 5.02 Å². The lowest BCUT2D eigenvalue weighted by Gasteiger charge is -2.13. The minimum Gasteiger partial charge on any atom is -0.489 e. The van der Waals surface area contributed by atoms with Gasteiger partial charge in [0.2, 0.25) is 0 Å². The maximum absolute atomic E-state index is 11.5. The first-order valence-corrected chi connectivity index (χ1v) is 11.9.